The molecule has 0 aliphatic carbocycles. The van der Waals surface area contributed by atoms with Gasteiger partial charge in [0.25, 0.3) is 0 Å². The number of rotatable bonds is 10. The average molecular weight is 448 g/mol. The largest absolute Gasteiger partial charge is 0.494 e. The molecule has 164 valence electrons. The molecule has 0 unspecified atom stereocenters. The number of halogens is 2. The smallest absolute Gasteiger partial charge is 0.387 e. The molecule has 0 spiro atoms. The van der Waals surface area contributed by atoms with Crippen LogP contribution in [-0.2, 0) is 17.9 Å². The summed E-state index contributed by atoms with van der Waals surface area (Å²) in [7, 11) is 0. The molecule has 0 saturated heterocycles. The number of nitrogens with zero attached hydrogens (tertiary/aromatic N) is 2. The van der Waals surface area contributed by atoms with Crippen molar-refractivity contribution in [2.75, 3.05) is 6.61 Å². The molecule has 0 aliphatic rings. The van der Waals surface area contributed by atoms with Gasteiger partial charge in [-0.15, -0.1) is 0 Å². The Kier molecular flexibility index (Phi) is 7.71. The maximum Gasteiger partial charge on any atom is 0.387 e. The van der Waals surface area contributed by atoms with Crippen LogP contribution in [0.3, 0.4) is 0 Å². The van der Waals surface area contributed by atoms with Gasteiger partial charge in [-0.3, -0.25) is 14.5 Å². The molecule has 0 radical (unpaired) electrons. The van der Waals surface area contributed by atoms with Crippen LogP contribution in [0, 0.1) is 4.77 Å². The van der Waals surface area contributed by atoms with Crippen molar-refractivity contribution >= 4 is 18.1 Å². The van der Waals surface area contributed by atoms with E-state index in [9.17, 15) is 13.6 Å². The van der Waals surface area contributed by atoms with Gasteiger partial charge < -0.3 is 14.8 Å². The van der Waals surface area contributed by atoms with Crippen molar-refractivity contribution in [3.05, 3.63) is 58.9 Å². The van der Waals surface area contributed by atoms with Crippen LogP contribution in [0.25, 0.3) is 11.4 Å². The molecule has 1 aromatic heterocycles. The first-order valence-electron chi connectivity index (χ1n) is 9.65. The Morgan fingerprint density at radius 1 is 1.16 bits per heavy atom. The summed E-state index contributed by atoms with van der Waals surface area (Å²) >= 11 is 5.30. The molecule has 2 aromatic carbocycles. The first-order chi connectivity index (χ1) is 15.0. The van der Waals surface area contributed by atoms with E-state index in [1.807, 2.05) is 31.2 Å². The Balaban J connectivity index is 1.55. The van der Waals surface area contributed by atoms with E-state index in [2.05, 4.69) is 20.3 Å². The van der Waals surface area contributed by atoms with Gasteiger partial charge in [0.1, 0.15) is 11.5 Å². The minimum Gasteiger partial charge on any atom is -0.494 e. The van der Waals surface area contributed by atoms with Crippen molar-refractivity contribution in [1.29, 1.82) is 0 Å². The van der Waals surface area contributed by atoms with Crippen molar-refractivity contribution in [1.82, 2.24) is 20.1 Å². The topological polar surface area (TPSA) is 81.2 Å². The van der Waals surface area contributed by atoms with E-state index in [0.717, 1.165) is 16.9 Å². The van der Waals surface area contributed by atoms with Crippen molar-refractivity contribution < 1.29 is 23.0 Å². The van der Waals surface area contributed by atoms with Crippen LogP contribution in [0.5, 0.6) is 11.5 Å². The van der Waals surface area contributed by atoms with Gasteiger partial charge in [0.2, 0.25) is 5.91 Å². The highest BCUT2D eigenvalue weighted by atomic mass is 32.1. The minimum absolute atomic E-state index is 0.0706. The zero-order valence-electron chi connectivity index (χ0n) is 16.8. The van der Waals surface area contributed by atoms with Crippen molar-refractivity contribution in [2.45, 2.75) is 33.0 Å². The van der Waals surface area contributed by atoms with Gasteiger partial charge in [-0.05, 0) is 61.1 Å². The van der Waals surface area contributed by atoms with E-state index in [-0.39, 0.29) is 24.6 Å². The van der Waals surface area contributed by atoms with Crippen molar-refractivity contribution in [2.24, 2.45) is 0 Å². The van der Waals surface area contributed by atoms with Gasteiger partial charge in [-0.1, -0.05) is 12.1 Å². The Morgan fingerprint density at radius 3 is 2.48 bits per heavy atom. The second-order valence-electron chi connectivity index (χ2n) is 6.51. The number of hydrogen-bond acceptors (Lipinski definition) is 5. The van der Waals surface area contributed by atoms with Crippen LogP contribution in [0.4, 0.5) is 8.78 Å². The van der Waals surface area contributed by atoms with Crippen LogP contribution in [0.2, 0.25) is 0 Å². The van der Waals surface area contributed by atoms with E-state index in [4.69, 9.17) is 17.0 Å². The lowest BCUT2D eigenvalue weighted by Gasteiger charge is -2.09. The van der Waals surface area contributed by atoms with Crippen molar-refractivity contribution in [3.63, 3.8) is 0 Å². The van der Waals surface area contributed by atoms with Gasteiger partial charge in [-0.25, -0.2) is 0 Å². The molecule has 10 heteroatoms. The quantitative estimate of drug-likeness (QED) is 0.452. The van der Waals surface area contributed by atoms with Crippen LogP contribution < -0.4 is 14.8 Å². The third-order valence-electron chi connectivity index (χ3n) is 4.38. The number of aromatic amines is 1. The fourth-order valence-corrected chi connectivity index (χ4v) is 3.13. The number of alkyl halides is 2. The van der Waals surface area contributed by atoms with Crippen LogP contribution in [0.1, 0.15) is 18.9 Å². The number of carbonyl (C=O) groups excluding carboxylic acids is 1. The zero-order chi connectivity index (χ0) is 22.2. The summed E-state index contributed by atoms with van der Waals surface area (Å²) in [6.45, 7) is 0.260. The molecule has 7 nitrogen and oxygen atoms in total. The molecule has 31 heavy (non-hydrogen) atoms. The number of carbonyl (C=O) groups is 1. The summed E-state index contributed by atoms with van der Waals surface area (Å²) in [5, 5.41) is 9.83. The van der Waals surface area contributed by atoms with E-state index in [1.165, 1.54) is 12.1 Å². The molecule has 0 fully saturated rings. The van der Waals surface area contributed by atoms with E-state index in [0.29, 0.717) is 23.7 Å². The fraction of sp³-hybridized carbons (Fsp3) is 0.286. The number of H-pyrrole nitrogens is 1. The Bertz CT molecular complexity index is 1050. The number of ether oxygens (including phenoxy) is 2. The van der Waals surface area contributed by atoms with E-state index in [1.54, 1.807) is 16.7 Å². The molecule has 1 amide bonds. The lowest BCUT2D eigenvalue weighted by atomic mass is 10.2. The van der Waals surface area contributed by atoms with Gasteiger partial charge in [0.05, 0.1) is 6.61 Å². The third kappa shape index (κ3) is 6.35. The predicted octanol–water partition coefficient (Wildman–Crippen LogP) is 4.31. The second kappa shape index (κ2) is 10.7. The minimum atomic E-state index is -2.87. The maximum absolute atomic E-state index is 12.3. The second-order valence-corrected chi connectivity index (χ2v) is 6.90. The summed E-state index contributed by atoms with van der Waals surface area (Å²) in [5.41, 5.74) is 1.62. The summed E-state index contributed by atoms with van der Waals surface area (Å²) in [4.78, 5) is 12.3. The summed E-state index contributed by atoms with van der Waals surface area (Å²) < 4.78 is 36.3. The van der Waals surface area contributed by atoms with Crippen LogP contribution in [0.15, 0.2) is 48.5 Å². The SMILES string of the molecule is CCOc1ccc(-c2n[nH]c(=S)n2CCC(=O)NCc2ccc(OC(F)F)cc2)cc1. The Morgan fingerprint density at radius 2 is 1.84 bits per heavy atom. The number of benzene rings is 2. The standard InChI is InChI=1S/C21H22F2N4O3S/c1-2-29-16-9-5-15(6-10-16)19-25-26-21(31)27(19)12-11-18(28)24-13-14-3-7-17(8-4-14)30-20(22)23/h3-10,20H,2,11-13H2,1H3,(H,24,28)(H,26,31). The summed E-state index contributed by atoms with van der Waals surface area (Å²) in [6.07, 6.45) is 0.199. The molecule has 2 N–H and O–H groups in total. The fourth-order valence-electron chi connectivity index (χ4n) is 2.90. The molecule has 3 rings (SSSR count). The molecule has 1 heterocycles. The highest BCUT2D eigenvalue weighted by Crippen LogP contribution is 2.21. The lowest BCUT2D eigenvalue weighted by Crippen LogP contribution is -2.24. The van der Waals surface area contributed by atoms with Gasteiger partial charge in [0, 0.05) is 25.1 Å². The summed E-state index contributed by atoms with van der Waals surface area (Å²) in [6, 6.07) is 13.6. The molecule has 3 aromatic rings. The number of amides is 1. The molecule has 0 aliphatic heterocycles. The van der Waals surface area contributed by atoms with Gasteiger partial charge in [-0.2, -0.15) is 13.9 Å². The average Bonchev–Trinajstić information content (AvgIpc) is 3.12. The first-order valence-corrected chi connectivity index (χ1v) is 10.1. The van der Waals surface area contributed by atoms with E-state index >= 15 is 0 Å². The maximum atomic E-state index is 12.3. The highest BCUT2D eigenvalue weighted by molar-refractivity contribution is 7.71. The lowest BCUT2D eigenvalue weighted by molar-refractivity contribution is -0.121. The molecular formula is C21H22F2N4O3S. The monoisotopic (exact) mass is 448 g/mol. The Labute approximate surface area is 183 Å². The molecule has 0 saturated carbocycles. The molecular weight excluding hydrogens is 426 g/mol. The normalized spacial score (nSPS) is 10.8. The number of nitrogens with one attached hydrogen (secondary N) is 2. The molecule has 0 bridgehead atoms. The summed E-state index contributed by atoms with van der Waals surface area (Å²) in [5.74, 6) is 1.30. The van der Waals surface area contributed by atoms with Crippen molar-refractivity contribution in [3.8, 4) is 22.9 Å². The number of hydrogen-bond donors (Lipinski definition) is 2. The predicted molar refractivity (Wildman–Crippen MR) is 114 cm³/mol. The van der Waals surface area contributed by atoms with E-state index < -0.39 is 6.61 Å². The Hall–Kier alpha value is -3.27. The zero-order valence-corrected chi connectivity index (χ0v) is 17.6. The third-order valence-corrected chi connectivity index (χ3v) is 4.69. The van der Waals surface area contributed by atoms with Gasteiger partial charge in [0.15, 0.2) is 10.6 Å². The van der Waals surface area contributed by atoms with Crippen LogP contribution in [-0.4, -0.2) is 33.9 Å². The van der Waals surface area contributed by atoms with Gasteiger partial charge >= 0.3 is 6.61 Å². The van der Waals surface area contributed by atoms with Crippen LogP contribution >= 0.6 is 12.2 Å². The highest BCUT2D eigenvalue weighted by Gasteiger charge is 2.11. The molecule has 0 atom stereocenters. The first kappa shape index (κ1) is 22.4. The number of aromatic nitrogens is 3.